The van der Waals surface area contributed by atoms with Crippen LogP contribution in [0.25, 0.3) is 0 Å². The quantitative estimate of drug-likeness (QED) is 0.846. The van der Waals surface area contributed by atoms with Gasteiger partial charge in [-0.25, -0.2) is 13.6 Å². The summed E-state index contributed by atoms with van der Waals surface area (Å²) in [7, 11) is 0. The van der Waals surface area contributed by atoms with E-state index < -0.39 is 23.3 Å². The first-order valence-electron chi connectivity index (χ1n) is 6.32. The number of carbonyl (C=O) groups is 1. The molecule has 0 aliphatic rings. The van der Waals surface area contributed by atoms with Crippen molar-refractivity contribution in [2.24, 2.45) is 0 Å². The second-order valence-corrected chi connectivity index (χ2v) is 5.21. The molecule has 4 nitrogen and oxygen atoms in total. The van der Waals surface area contributed by atoms with Crippen LogP contribution in [0.5, 0.6) is 5.75 Å². The van der Waals surface area contributed by atoms with Gasteiger partial charge in [0.15, 0.2) is 11.6 Å². The maximum absolute atomic E-state index is 13.2. The zero-order valence-electron chi connectivity index (χ0n) is 11.8. The van der Waals surface area contributed by atoms with E-state index in [1.807, 2.05) is 0 Å². The third-order valence-electron chi connectivity index (χ3n) is 2.14. The molecule has 1 amide bonds. The summed E-state index contributed by atoms with van der Waals surface area (Å²) >= 11 is 0. The summed E-state index contributed by atoms with van der Waals surface area (Å²) < 4.78 is 36.2. The predicted molar refractivity (Wildman–Crippen MR) is 70.7 cm³/mol. The third kappa shape index (κ3) is 6.36. The number of amides is 1. The fourth-order valence-electron chi connectivity index (χ4n) is 1.35. The first-order valence-corrected chi connectivity index (χ1v) is 6.32. The van der Waals surface area contributed by atoms with Crippen molar-refractivity contribution in [3.05, 3.63) is 29.8 Å². The van der Waals surface area contributed by atoms with Crippen LogP contribution < -0.4 is 10.1 Å². The Morgan fingerprint density at radius 3 is 2.65 bits per heavy atom. The molecule has 0 heterocycles. The molecule has 0 fully saturated rings. The van der Waals surface area contributed by atoms with Gasteiger partial charge in [-0.1, -0.05) is 0 Å². The number of carbonyl (C=O) groups excluding carboxylic acids is 1. The Kier molecular flexibility index (Phi) is 5.73. The molecule has 112 valence electrons. The molecule has 0 aliphatic carbocycles. The summed E-state index contributed by atoms with van der Waals surface area (Å²) in [4.78, 5) is 11.3. The zero-order valence-corrected chi connectivity index (χ0v) is 11.8. The molecule has 0 unspecified atom stereocenters. The van der Waals surface area contributed by atoms with Gasteiger partial charge in [-0.15, -0.1) is 0 Å². The van der Waals surface area contributed by atoms with Crippen molar-refractivity contribution in [3.63, 3.8) is 0 Å². The molecule has 0 bridgehead atoms. The van der Waals surface area contributed by atoms with E-state index in [0.29, 0.717) is 13.0 Å². The summed E-state index contributed by atoms with van der Waals surface area (Å²) in [5.41, 5.74) is -0.550. The molecule has 0 radical (unpaired) electrons. The van der Waals surface area contributed by atoms with E-state index in [2.05, 4.69) is 5.32 Å². The van der Waals surface area contributed by atoms with Crippen molar-refractivity contribution in [2.45, 2.75) is 32.8 Å². The molecule has 6 heteroatoms. The Labute approximate surface area is 117 Å². The number of hydrogen-bond acceptors (Lipinski definition) is 3. The zero-order chi connectivity index (χ0) is 15.2. The fraction of sp³-hybridized carbons (Fsp3) is 0.500. The van der Waals surface area contributed by atoms with Crippen molar-refractivity contribution >= 4 is 6.09 Å². The van der Waals surface area contributed by atoms with E-state index in [-0.39, 0.29) is 12.4 Å². The number of benzene rings is 1. The molecule has 0 saturated heterocycles. The lowest BCUT2D eigenvalue weighted by Crippen LogP contribution is -2.33. The van der Waals surface area contributed by atoms with Crippen molar-refractivity contribution in [3.8, 4) is 5.75 Å². The van der Waals surface area contributed by atoms with E-state index in [1.165, 1.54) is 0 Å². The van der Waals surface area contributed by atoms with E-state index in [4.69, 9.17) is 9.47 Å². The first kappa shape index (κ1) is 16.2. The largest absolute Gasteiger partial charge is 0.490 e. The highest BCUT2D eigenvalue weighted by molar-refractivity contribution is 5.67. The summed E-state index contributed by atoms with van der Waals surface area (Å²) in [5.74, 6) is -1.32. The van der Waals surface area contributed by atoms with Crippen LogP contribution in [0.3, 0.4) is 0 Å². The van der Waals surface area contributed by atoms with E-state index in [9.17, 15) is 13.6 Å². The third-order valence-corrected chi connectivity index (χ3v) is 2.14. The first-order chi connectivity index (χ1) is 9.28. The second-order valence-electron chi connectivity index (χ2n) is 5.21. The monoisotopic (exact) mass is 287 g/mol. The van der Waals surface area contributed by atoms with Crippen LogP contribution in [0.15, 0.2) is 18.2 Å². The minimum absolute atomic E-state index is 0.137. The lowest BCUT2D eigenvalue weighted by atomic mass is 10.2. The SMILES string of the molecule is CC(C)(C)OC(=O)NCCCOc1cc(F)ccc1F. The maximum Gasteiger partial charge on any atom is 0.407 e. The fourth-order valence-corrected chi connectivity index (χ4v) is 1.35. The highest BCUT2D eigenvalue weighted by Gasteiger charge is 2.15. The summed E-state index contributed by atoms with van der Waals surface area (Å²) in [6, 6.07) is 3.01. The number of nitrogens with one attached hydrogen (secondary N) is 1. The number of ether oxygens (including phenoxy) is 2. The van der Waals surface area contributed by atoms with Gasteiger partial charge >= 0.3 is 6.09 Å². The predicted octanol–water partition coefficient (Wildman–Crippen LogP) is 3.26. The Hall–Kier alpha value is -1.85. The molecule has 1 aromatic rings. The minimum Gasteiger partial charge on any atom is -0.490 e. The number of rotatable bonds is 5. The molecule has 0 aliphatic heterocycles. The normalized spacial score (nSPS) is 11.1. The standard InChI is InChI=1S/C14H19F2NO3/c1-14(2,3)20-13(18)17-7-4-8-19-12-9-10(15)5-6-11(12)16/h5-6,9H,4,7-8H2,1-3H3,(H,17,18). The van der Waals surface area contributed by atoms with Crippen LogP contribution in [0.2, 0.25) is 0 Å². The van der Waals surface area contributed by atoms with Crippen LogP contribution in [-0.4, -0.2) is 24.8 Å². The van der Waals surface area contributed by atoms with Crippen LogP contribution in [0.4, 0.5) is 13.6 Å². The van der Waals surface area contributed by atoms with Crippen LogP contribution in [-0.2, 0) is 4.74 Å². The van der Waals surface area contributed by atoms with Gasteiger partial charge in [0.2, 0.25) is 0 Å². The van der Waals surface area contributed by atoms with Gasteiger partial charge in [0.1, 0.15) is 11.4 Å². The molecule has 1 rings (SSSR count). The van der Waals surface area contributed by atoms with Crippen molar-refractivity contribution in [1.82, 2.24) is 5.32 Å². The number of halogens is 2. The average Bonchev–Trinajstić information content (AvgIpc) is 2.30. The lowest BCUT2D eigenvalue weighted by molar-refractivity contribution is 0.0525. The van der Waals surface area contributed by atoms with Crippen LogP contribution in [0, 0.1) is 11.6 Å². The highest BCUT2D eigenvalue weighted by Crippen LogP contribution is 2.17. The highest BCUT2D eigenvalue weighted by atomic mass is 19.1. The van der Waals surface area contributed by atoms with E-state index in [1.54, 1.807) is 20.8 Å². The van der Waals surface area contributed by atoms with Crippen LogP contribution >= 0.6 is 0 Å². The van der Waals surface area contributed by atoms with Crippen molar-refractivity contribution in [2.75, 3.05) is 13.2 Å². The second kappa shape index (κ2) is 7.07. The van der Waals surface area contributed by atoms with Crippen molar-refractivity contribution < 1.29 is 23.0 Å². The lowest BCUT2D eigenvalue weighted by Gasteiger charge is -2.19. The van der Waals surface area contributed by atoms with Gasteiger partial charge in [0.25, 0.3) is 0 Å². The van der Waals surface area contributed by atoms with Crippen LogP contribution in [0.1, 0.15) is 27.2 Å². The maximum atomic E-state index is 13.2. The summed E-state index contributed by atoms with van der Waals surface area (Å²) in [5, 5.41) is 2.54. The van der Waals surface area contributed by atoms with Gasteiger partial charge in [-0.3, -0.25) is 0 Å². The molecular weight excluding hydrogens is 268 g/mol. The van der Waals surface area contributed by atoms with Gasteiger partial charge in [0, 0.05) is 12.6 Å². The Morgan fingerprint density at radius 2 is 2.00 bits per heavy atom. The Morgan fingerprint density at radius 1 is 1.30 bits per heavy atom. The number of hydrogen-bond donors (Lipinski definition) is 1. The summed E-state index contributed by atoms with van der Waals surface area (Å²) in [6.07, 6.45) is -0.0655. The molecular formula is C14H19F2NO3. The Balaban J connectivity index is 2.22. The van der Waals surface area contributed by atoms with Gasteiger partial charge < -0.3 is 14.8 Å². The molecule has 0 aromatic heterocycles. The molecule has 20 heavy (non-hydrogen) atoms. The van der Waals surface area contributed by atoms with E-state index >= 15 is 0 Å². The molecule has 0 atom stereocenters. The van der Waals surface area contributed by atoms with E-state index in [0.717, 1.165) is 18.2 Å². The van der Waals surface area contributed by atoms with Gasteiger partial charge in [-0.05, 0) is 39.3 Å². The minimum atomic E-state index is -0.619. The molecule has 1 aromatic carbocycles. The molecule has 0 spiro atoms. The molecule has 1 N–H and O–H groups in total. The molecule has 0 saturated carbocycles. The van der Waals surface area contributed by atoms with Gasteiger partial charge in [-0.2, -0.15) is 0 Å². The Bertz CT molecular complexity index is 458. The van der Waals surface area contributed by atoms with Crippen molar-refractivity contribution in [1.29, 1.82) is 0 Å². The smallest absolute Gasteiger partial charge is 0.407 e. The average molecular weight is 287 g/mol. The summed E-state index contributed by atoms with van der Waals surface area (Å²) in [6.45, 7) is 5.79. The topological polar surface area (TPSA) is 47.6 Å². The number of alkyl carbamates (subject to hydrolysis) is 1. The van der Waals surface area contributed by atoms with Gasteiger partial charge in [0.05, 0.1) is 6.61 Å².